The number of carboxylic acids is 1. The number of aromatic nitrogens is 3. The Bertz CT molecular complexity index is 1060. The van der Waals surface area contributed by atoms with Gasteiger partial charge in [-0.05, 0) is 11.6 Å². The number of thiazole rings is 1. The van der Waals surface area contributed by atoms with E-state index >= 15 is 0 Å². The van der Waals surface area contributed by atoms with E-state index in [1.165, 1.54) is 11.3 Å². The number of nitrogens with zero attached hydrogens (tertiary/aromatic N) is 2. The third kappa shape index (κ3) is 2.36. The SMILES string of the molecule is O=C(O)c1nc(-c2[nH]nc3c(Cl)cccc23)sc1-c1ccccc1. The molecular weight excluding hydrogens is 346 g/mol. The maximum absolute atomic E-state index is 11.6. The Balaban J connectivity index is 1.93. The number of H-pyrrole nitrogens is 1. The van der Waals surface area contributed by atoms with Crippen LogP contribution in [0.3, 0.4) is 0 Å². The van der Waals surface area contributed by atoms with Crippen molar-refractivity contribution < 1.29 is 9.90 Å². The number of carbonyl (C=O) groups is 1. The molecule has 0 saturated heterocycles. The number of hydrogen-bond acceptors (Lipinski definition) is 4. The minimum atomic E-state index is -1.06. The van der Waals surface area contributed by atoms with Crippen LogP contribution in [0, 0.1) is 0 Å². The molecule has 0 unspecified atom stereocenters. The minimum absolute atomic E-state index is 0.0333. The van der Waals surface area contributed by atoms with E-state index in [1.54, 1.807) is 6.07 Å². The molecule has 2 aromatic carbocycles. The molecule has 2 aromatic heterocycles. The molecule has 4 aromatic rings. The van der Waals surface area contributed by atoms with Crippen molar-refractivity contribution in [3.8, 4) is 21.1 Å². The van der Waals surface area contributed by atoms with Gasteiger partial charge < -0.3 is 5.11 Å². The van der Waals surface area contributed by atoms with Crippen molar-refractivity contribution in [3.63, 3.8) is 0 Å². The number of rotatable bonds is 3. The highest BCUT2D eigenvalue weighted by Gasteiger charge is 2.21. The maximum Gasteiger partial charge on any atom is 0.356 e. The Morgan fingerprint density at radius 1 is 1.12 bits per heavy atom. The van der Waals surface area contributed by atoms with Gasteiger partial charge >= 0.3 is 5.97 Å². The molecule has 4 rings (SSSR count). The molecule has 118 valence electrons. The molecule has 5 nitrogen and oxygen atoms in total. The Morgan fingerprint density at radius 3 is 2.67 bits per heavy atom. The normalized spacial score (nSPS) is 11.0. The van der Waals surface area contributed by atoms with Crippen molar-refractivity contribution >= 4 is 39.8 Å². The van der Waals surface area contributed by atoms with E-state index in [9.17, 15) is 9.90 Å². The average molecular weight is 356 g/mol. The lowest BCUT2D eigenvalue weighted by Gasteiger charge is -1.97. The Morgan fingerprint density at radius 2 is 1.92 bits per heavy atom. The molecular formula is C17H10ClN3O2S. The zero-order valence-electron chi connectivity index (χ0n) is 12.2. The van der Waals surface area contributed by atoms with E-state index in [0.717, 1.165) is 10.9 Å². The molecule has 0 bridgehead atoms. The summed E-state index contributed by atoms with van der Waals surface area (Å²) in [7, 11) is 0. The fraction of sp³-hybridized carbons (Fsp3) is 0. The van der Waals surface area contributed by atoms with Crippen LogP contribution < -0.4 is 0 Å². The fourth-order valence-corrected chi connectivity index (χ4v) is 3.81. The molecule has 0 amide bonds. The number of halogens is 1. The van der Waals surface area contributed by atoms with Crippen LogP contribution in [0.5, 0.6) is 0 Å². The molecule has 7 heteroatoms. The van der Waals surface area contributed by atoms with Gasteiger partial charge in [0.2, 0.25) is 0 Å². The van der Waals surface area contributed by atoms with Gasteiger partial charge in [0.05, 0.1) is 9.90 Å². The first kappa shape index (κ1) is 14.9. The van der Waals surface area contributed by atoms with Crippen LogP contribution in [-0.4, -0.2) is 26.3 Å². The van der Waals surface area contributed by atoms with Gasteiger partial charge in [0.25, 0.3) is 0 Å². The van der Waals surface area contributed by atoms with Gasteiger partial charge in [-0.1, -0.05) is 54.1 Å². The van der Waals surface area contributed by atoms with E-state index in [2.05, 4.69) is 15.2 Å². The number of para-hydroxylation sites is 1. The first-order chi connectivity index (χ1) is 11.6. The topological polar surface area (TPSA) is 78.9 Å². The summed E-state index contributed by atoms with van der Waals surface area (Å²) in [5.41, 5.74) is 2.16. The highest BCUT2D eigenvalue weighted by atomic mass is 35.5. The van der Waals surface area contributed by atoms with Gasteiger partial charge in [0.15, 0.2) is 5.69 Å². The summed E-state index contributed by atoms with van der Waals surface area (Å²) in [5.74, 6) is -1.06. The summed E-state index contributed by atoms with van der Waals surface area (Å²) < 4.78 is 0. The predicted octanol–water partition coefficient (Wildman–Crippen LogP) is 4.71. The Hall–Kier alpha value is -2.70. The third-order valence-electron chi connectivity index (χ3n) is 3.62. The number of carboxylic acid groups (broad SMARTS) is 1. The van der Waals surface area contributed by atoms with Crippen molar-refractivity contribution in [2.24, 2.45) is 0 Å². The number of aromatic carboxylic acids is 1. The van der Waals surface area contributed by atoms with Crippen molar-refractivity contribution in [1.29, 1.82) is 0 Å². The second-order valence-corrected chi connectivity index (χ2v) is 6.51. The lowest BCUT2D eigenvalue weighted by molar-refractivity contribution is 0.0692. The second-order valence-electron chi connectivity index (χ2n) is 5.10. The molecule has 0 aliphatic carbocycles. The number of aromatic amines is 1. The highest BCUT2D eigenvalue weighted by Crippen LogP contribution is 2.38. The van der Waals surface area contributed by atoms with E-state index in [1.807, 2.05) is 42.5 Å². The minimum Gasteiger partial charge on any atom is -0.476 e. The molecule has 2 N–H and O–H groups in total. The number of hydrogen-bond donors (Lipinski definition) is 2. The van der Waals surface area contributed by atoms with Crippen LogP contribution in [0.25, 0.3) is 32.0 Å². The summed E-state index contributed by atoms with van der Waals surface area (Å²) >= 11 is 7.46. The predicted molar refractivity (Wildman–Crippen MR) is 94.6 cm³/mol. The van der Waals surface area contributed by atoms with Crippen LogP contribution in [-0.2, 0) is 0 Å². The average Bonchev–Trinajstić information content (AvgIpc) is 3.20. The number of fused-ring (bicyclic) bond motifs is 1. The standard InChI is InChI=1S/C17H10ClN3O2S/c18-11-8-4-7-10-12(11)20-21-13(10)16-19-14(17(22)23)15(24-16)9-5-2-1-3-6-9/h1-8H,(H,20,21)(H,22,23). The molecule has 0 fully saturated rings. The van der Waals surface area contributed by atoms with E-state index in [4.69, 9.17) is 11.6 Å². The number of nitrogens with one attached hydrogen (secondary N) is 1. The summed E-state index contributed by atoms with van der Waals surface area (Å²) in [6.07, 6.45) is 0. The zero-order valence-corrected chi connectivity index (χ0v) is 13.7. The first-order valence-electron chi connectivity index (χ1n) is 7.07. The van der Waals surface area contributed by atoms with Gasteiger partial charge in [-0.25, -0.2) is 9.78 Å². The smallest absolute Gasteiger partial charge is 0.356 e. The van der Waals surface area contributed by atoms with E-state index in [0.29, 0.717) is 26.1 Å². The molecule has 0 saturated carbocycles. The van der Waals surface area contributed by atoms with E-state index in [-0.39, 0.29) is 5.69 Å². The molecule has 24 heavy (non-hydrogen) atoms. The van der Waals surface area contributed by atoms with Gasteiger partial charge in [0.1, 0.15) is 16.2 Å². The molecule has 0 radical (unpaired) electrons. The van der Waals surface area contributed by atoms with Gasteiger partial charge in [0, 0.05) is 5.39 Å². The Labute approximate surface area is 145 Å². The molecule has 0 atom stereocenters. The monoisotopic (exact) mass is 355 g/mol. The van der Waals surface area contributed by atoms with Crippen LogP contribution >= 0.6 is 22.9 Å². The molecule has 2 heterocycles. The van der Waals surface area contributed by atoms with Crippen LogP contribution in [0.2, 0.25) is 5.02 Å². The Kier molecular flexibility index (Phi) is 3.55. The van der Waals surface area contributed by atoms with Gasteiger partial charge in [-0.2, -0.15) is 5.10 Å². The summed E-state index contributed by atoms with van der Waals surface area (Å²) in [5, 5.41) is 18.5. The maximum atomic E-state index is 11.6. The lowest BCUT2D eigenvalue weighted by atomic mass is 10.1. The summed E-state index contributed by atoms with van der Waals surface area (Å²) in [4.78, 5) is 16.5. The van der Waals surface area contributed by atoms with Crippen molar-refractivity contribution in [1.82, 2.24) is 15.2 Å². The van der Waals surface area contributed by atoms with Crippen molar-refractivity contribution in [2.75, 3.05) is 0 Å². The zero-order chi connectivity index (χ0) is 16.7. The largest absolute Gasteiger partial charge is 0.476 e. The van der Waals surface area contributed by atoms with Crippen LogP contribution in [0.1, 0.15) is 10.5 Å². The van der Waals surface area contributed by atoms with Gasteiger partial charge in [-0.15, -0.1) is 11.3 Å². The number of benzene rings is 2. The molecule has 0 spiro atoms. The fourth-order valence-electron chi connectivity index (χ4n) is 2.52. The molecule has 0 aliphatic rings. The second kappa shape index (κ2) is 5.74. The summed E-state index contributed by atoms with van der Waals surface area (Å²) in [6, 6.07) is 14.8. The van der Waals surface area contributed by atoms with E-state index < -0.39 is 5.97 Å². The third-order valence-corrected chi connectivity index (χ3v) is 5.04. The van der Waals surface area contributed by atoms with Crippen molar-refractivity contribution in [3.05, 3.63) is 59.2 Å². The quantitative estimate of drug-likeness (QED) is 0.558. The van der Waals surface area contributed by atoms with Crippen LogP contribution in [0.15, 0.2) is 48.5 Å². The first-order valence-corrected chi connectivity index (χ1v) is 8.27. The van der Waals surface area contributed by atoms with Crippen molar-refractivity contribution in [2.45, 2.75) is 0 Å². The van der Waals surface area contributed by atoms with Crippen LogP contribution in [0.4, 0.5) is 0 Å². The highest BCUT2D eigenvalue weighted by molar-refractivity contribution is 7.18. The van der Waals surface area contributed by atoms with Gasteiger partial charge in [-0.3, -0.25) is 5.10 Å². The molecule has 0 aliphatic heterocycles. The summed E-state index contributed by atoms with van der Waals surface area (Å²) in [6.45, 7) is 0. The lowest BCUT2D eigenvalue weighted by Crippen LogP contribution is -1.98.